The van der Waals surface area contributed by atoms with Crippen molar-refractivity contribution in [3.8, 4) is 0 Å². The molecule has 3 nitrogen and oxygen atoms in total. The van der Waals surface area contributed by atoms with Gasteiger partial charge in [0.25, 0.3) is 0 Å². The van der Waals surface area contributed by atoms with Gasteiger partial charge in [0.1, 0.15) is 0 Å². The minimum Gasteiger partial charge on any atom is -0.332 e. The Morgan fingerprint density at radius 1 is 1.23 bits per heavy atom. The topological polar surface area (TPSA) is 37.0 Å². The molecule has 0 spiro atoms. The van der Waals surface area contributed by atoms with E-state index in [2.05, 4.69) is 15.6 Å². The highest BCUT2D eigenvalue weighted by atomic mass is 35.5. The Hall–Kier alpha value is -1.86. The molecule has 8 heteroatoms. The van der Waals surface area contributed by atoms with Crippen LogP contribution in [-0.4, -0.2) is 10.1 Å². The number of para-hydroxylation sites is 1. The minimum absolute atomic E-state index is 0.0563. The lowest BCUT2D eigenvalue weighted by Gasteiger charge is -2.13. The highest BCUT2D eigenvalue weighted by Crippen LogP contribution is 2.32. The fourth-order valence-corrected chi connectivity index (χ4v) is 2.08. The fourth-order valence-electron chi connectivity index (χ4n) is 1.66. The number of benzene rings is 1. The molecule has 2 rings (SSSR count). The normalized spacial score (nSPS) is 11.1. The third-order valence-electron chi connectivity index (χ3n) is 2.79. The first-order valence-electron chi connectivity index (χ1n) is 6.14. The summed E-state index contributed by atoms with van der Waals surface area (Å²) in [6.07, 6.45) is -3.79. The van der Waals surface area contributed by atoms with Crippen molar-refractivity contribution >= 4 is 40.4 Å². The zero-order valence-corrected chi connectivity index (χ0v) is 12.9. The molecule has 1 aromatic carbocycles. The molecule has 0 aliphatic heterocycles. The van der Waals surface area contributed by atoms with Crippen LogP contribution >= 0.6 is 23.8 Å². The van der Waals surface area contributed by atoms with Gasteiger partial charge in [0.15, 0.2) is 10.9 Å². The van der Waals surface area contributed by atoms with Gasteiger partial charge in [0.2, 0.25) is 0 Å². The molecule has 22 heavy (non-hydrogen) atoms. The Balaban J connectivity index is 2.11. The van der Waals surface area contributed by atoms with E-state index < -0.39 is 11.7 Å². The highest BCUT2D eigenvalue weighted by Gasteiger charge is 2.31. The van der Waals surface area contributed by atoms with E-state index in [1.165, 1.54) is 0 Å². The number of rotatable bonds is 2. The van der Waals surface area contributed by atoms with Crippen LogP contribution in [0.4, 0.5) is 24.7 Å². The van der Waals surface area contributed by atoms with Gasteiger partial charge in [-0.15, -0.1) is 0 Å². The Morgan fingerprint density at radius 2 is 1.91 bits per heavy atom. The third kappa shape index (κ3) is 4.08. The van der Waals surface area contributed by atoms with Gasteiger partial charge in [-0.1, -0.05) is 29.8 Å². The summed E-state index contributed by atoms with van der Waals surface area (Å²) in [5, 5.41) is 5.63. The molecule has 116 valence electrons. The summed E-state index contributed by atoms with van der Waals surface area (Å²) in [7, 11) is 0. The zero-order valence-electron chi connectivity index (χ0n) is 11.3. The van der Waals surface area contributed by atoms with Gasteiger partial charge in [-0.05, 0) is 36.8 Å². The predicted molar refractivity (Wildman–Crippen MR) is 85.3 cm³/mol. The number of thiocarbonyl (C=S) groups is 1. The molecule has 0 aliphatic carbocycles. The molecule has 0 bridgehead atoms. The monoisotopic (exact) mass is 345 g/mol. The summed E-state index contributed by atoms with van der Waals surface area (Å²) < 4.78 is 37.6. The van der Waals surface area contributed by atoms with Crippen molar-refractivity contribution in [3.63, 3.8) is 0 Å². The number of alkyl halides is 3. The van der Waals surface area contributed by atoms with Gasteiger partial charge in [-0.25, -0.2) is 4.98 Å². The molecule has 0 saturated heterocycles. The number of halogens is 4. The van der Waals surface area contributed by atoms with E-state index in [9.17, 15) is 13.2 Å². The number of aryl methyl sites for hydroxylation is 1. The van der Waals surface area contributed by atoms with Crippen LogP contribution in [0.1, 0.15) is 11.1 Å². The average molecular weight is 346 g/mol. The maximum absolute atomic E-state index is 12.5. The van der Waals surface area contributed by atoms with Gasteiger partial charge in [-0.3, -0.25) is 0 Å². The maximum atomic E-state index is 12.5. The second kappa shape index (κ2) is 6.50. The lowest BCUT2D eigenvalue weighted by atomic mass is 10.2. The first kappa shape index (κ1) is 16.5. The first-order valence-corrected chi connectivity index (χ1v) is 6.92. The van der Waals surface area contributed by atoms with Crippen molar-refractivity contribution in [2.24, 2.45) is 0 Å². The Labute approximate surface area is 135 Å². The van der Waals surface area contributed by atoms with Crippen molar-refractivity contribution < 1.29 is 13.2 Å². The number of nitrogens with zero attached hydrogens (tertiary/aromatic N) is 1. The molecule has 2 N–H and O–H groups in total. The van der Waals surface area contributed by atoms with Crippen molar-refractivity contribution in [2.45, 2.75) is 13.1 Å². The Morgan fingerprint density at radius 3 is 2.50 bits per heavy atom. The molecule has 0 amide bonds. The quantitative estimate of drug-likeness (QED) is 0.761. The molecular formula is C14H11ClF3N3S. The Bertz CT molecular complexity index is 704. The van der Waals surface area contributed by atoms with Crippen molar-refractivity contribution in [3.05, 3.63) is 52.7 Å². The van der Waals surface area contributed by atoms with Crippen LogP contribution in [-0.2, 0) is 6.18 Å². The highest BCUT2D eigenvalue weighted by molar-refractivity contribution is 7.80. The standard InChI is InChI=1S/C14H11ClF3N3S/c1-8-4-2-3-5-11(8)20-13(22)21-12-10(15)6-9(7-19-12)14(16,17)18/h2-7H,1H3,(H2,19,20,21,22). The van der Waals surface area contributed by atoms with Crippen LogP contribution in [0.2, 0.25) is 5.02 Å². The number of hydrogen-bond acceptors (Lipinski definition) is 2. The van der Waals surface area contributed by atoms with Gasteiger partial charge in [-0.2, -0.15) is 13.2 Å². The van der Waals surface area contributed by atoms with E-state index in [1.807, 2.05) is 31.2 Å². The van der Waals surface area contributed by atoms with Crippen LogP contribution < -0.4 is 10.6 Å². The third-order valence-corrected chi connectivity index (χ3v) is 3.29. The molecule has 0 aliphatic rings. The average Bonchev–Trinajstić information content (AvgIpc) is 2.42. The molecule has 0 fully saturated rings. The van der Waals surface area contributed by atoms with Gasteiger partial charge >= 0.3 is 6.18 Å². The van der Waals surface area contributed by atoms with E-state index in [4.69, 9.17) is 23.8 Å². The number of nitrogens with one attached hydrogen (secondary N) is 2. The second-order valence-electron chi connectivity index (χ2n) is 4.45. The SMILES string of the molecule is Cc1ccccc1NC(=S)Nc1ncc(C(F)(F)F)cc1Cl. The van der Waals surface area contributed by atoms with Crippen molar-refractivity contribution in [2.75, 3.05) is 10.6 Å². The molecule has 0 saturated carbocycles. The predicted octanol–water partition coefficient (Wildman–Crippen LogP) is 4.87. The van der Waals surface area contributed by atoms with Crippen molar-refractivity contribution in [1.82, 2.24) is 4.98 Å². The molecule has 1 aromatic heterocycles. The zero-order chi connectivity index (χ0) is 16.3. The van der Waals surface area contributed by atoms with Crippen LogP contribution in [0.3, 0.4) is 0 Å². The van der Waals surface area contributed by atoms with Crippen molar-refractivity contribution in [1.29, 1.82) is 0 Å². The summed E-state index contributed by atoms with van der Waals surface area (Å²) in [5.74, 6) is 0.0563. The smallest absolute Gasteiger partial charge is 0.332 e. The lowest BCUT2D eigenvalue weighted by molar-refractivity contribution is -0.137. The van der Waals surface area contributed by atoms with E-state index in [0.29, 0.717) is 6.20 Å². The Kier molecular flexibility index (Phi) is 4.87. The van der Waals surface area contributed by atoms with Gasteiger partial charge in [0.05, 0.1) is 10.6 Å². The second-order valence-corrected chi connectivity index (χ2v) is 5.26. The van der Waals surface area contributed by atoms with Crippen LogP contribution in [0, 0.1) is 6.92 Å². The van der Waals surface area contributed by atoms with E-state index in [-0.39, 0.29) is 16.0 Å². The number of aromatic nitrogens is 1. The largest absolute Gasteiger partial charge is 0.417 e. The summed E-state index contributed by atoms with van der Waals surface area (Å²) in [6.45, 7) is 1.90. The van der Waals surface area contributed by atoms with Crippen LogP contribution in [0.5, 0.6) is 0 Å². The molecule has 0 atom stereocenters. The molecule has 0 unspecified atom stereocenters. The molecule has 1 heterocycles. The van der Waals surface area contributed by atoms with E-state index in [0.717, 1.165) is 17.3 Å². The summed E-state index contributed by atoms with van der Waals surface area (Å²) in [5.41, 5.74) is 0.835. The molecule has 2 aromatic rings. The number of hydrogen-bond donors (Lipinski definition) is 2. The number of pyridine rings is 1. The van der Waals surface area contributed by atoms with Gasteiger partial charge < -0.3 is 10.6 Å². The lowest BCUT2D eigenvalue weighted by Crippen LogP contribution is -2.20. The van der Waals surface area contributed by atoms with E-state index in [1.54, 1.807) is 0 Å². The van der Waals surface area contributed by atoms with E-state index >= 15 is 0 Å². The minimum atomic E-state index is -4.49. The molecular weight excluding hydrogens is 335 g/mol. The van der Waals surface area contributed by atoms with Crippen LogP contribution in [0.25, 0.3) is 0 Å². The summed E-state index contributed by atoms with van der Waals surface area (Å²) >= 11 is 10.9. The maximum Gasteiger partial charge on any atom is 0.417 e. The van der Waals surface area contributed by atoms with Crippen LogP contribution in [0.15, 0.2) is 36.5 Å². The first-order chi connectivity index (χ1) is 10.3. The van der Waals surface area contributed by atoms with Gasteiger partial charge in [0, 0.05) is 11.9 Å². The summed E-state index contributed by atoms with van der Waals surface area (Å²) in [6, 6.07) is 8.24. The fraction of sp³-hybridized carbons (Fsp3) is 0.143. The number of anilines is 2. The summed E-state index contributed by atoms with van der Waals surface area (Å²) in [4.78, 5) is 3.66. The molecule has 0 radical (unpaired) electrons.